The SMILES string of the molecule is O=C1C=C(N2C(=O)CCC2=O)C(=O)N1O. The van der Waals surface area contributed by atoms with Gasteiger partial charge in [0.25, 0.3) is 5.91 Å². The van der Waals surface area contributed by atoms with Gasteiger partial charge in [0.05, 0.1) is 0 Å². The molecule has 2 aliphatic heterocycles. The van der Waals surface area contributed by atoms with Crippen LogP contribution in [0.2, 0.25) is 0 Å². The number of imide groups is 2. The van der Waals surface area contributed by atoms with Crippen molar-refractivity contribution in [1.29, 1.82) is 0 Å². The smallest absolute Gasteiger partial charge is 0.278 e. The van der Waals surface area contributed by atoms with Crippen molar-refractivity contribution in [2.45, 2.75) is 12.8 Å². The summed E-state index contributed by atoms with van der Waals surface area (Å²) in [4.78, 5) is 45.2. The van der Waals surface area contributed by atoms with Gasteiger partial charge >= 0.3 is 5.91 Å². The molecule has 0 aromatic rings. The van der Waals surface area contributed by atoms with Crippen molar-refractivity contribution in [3.05, 3.63) is 11.8 Å². The van der Waals surface area contributed by atoms with Gasteiger partial charge in [0, 0.05) is 18.9 Å². The van der Waals surface area contributed by atoms with E-state index in [1.165, 1.54) is 0 Å². The minimum absolute atomic E-state index is 0.0169. The van der Waals surface area contributed by atoms with Crippen molar-refractivity contribution >= 4 is 23.6 Å². The van der Waals surface area contributed by atoms with E-state index in [2.05, 4.69) is 0 Å². The van der Waals surface area contributed by atoms with Gasteiger partial charge < -0.3 is 0 Å². The van der Waals surface area contributed by atoms with Crippen LogP contribution in [0.4, 0.5) is 0 Å². The Morgan fingerprint density at radius 3 is 2.00 bits per heavy atom. The molecule has 2 heterocycles. The third-order valence-corrected chi connectivity index (χ3v) is 2.17. The topological polar surface area (TPSA) is 95.0 Å². The van der Waals surface area contributed by atoms with Crippen LogP contribution in [0, 0.1) is 0 Å². The summed E-state index contributed by atoms with van der Waals surface area (Å²) in [6.45, 7) is 0. The van der Waals surface area contributed by atoms with Crippen LogP contribution < -0.4 is 0 Å². The highest BCUT2D eigenvalue weighted by Gasteiger charge is 2.41. The predicted molar refractivity (Wildman–Crippen MR) is 42.8 cm³/mol. The number of hydrogen-bond acceptors (Lipinski definition) is 5. The van der Waals surface area contributed by atoms with E-state index in [4.69, 9.17) is 5.21 Å². The maximum absolute atomic E-state index is 11.2. The van der Waals surface area contributed by atoms with Crippen LogP contribution in [0.15, 0.2) is 11.8 Å². The largest absolute Gasteiger partial charge is 0.302 e. The Balaban J connectivity index is 2.36. The Labute approximate surface area is 83.5 Å². The molecule has 15 heavy (non-hydrogen) atoms. The zero-order valence-corrected chi connectivity index (χ0v) is 7.47. The molecule has 1 fully saturated rings. The first kappa shape index (κ1) is 9.53. The average Bonchev–Trinajstić information content (AvgIpc) is 2.63. The zero-order valence-electron chi connectivity index (χ0n) is 7.47. The molecule has 0 radical (unpaired) electrons. The Morgan fingerprint density at radius 1 is 1.07 bits per heavy atom. The lowest BCUT2D eigenvalue weighted by Crippen LogP contribution is -2.35. The van der Waals surface area contributed by atoms with E-state index in [1.807, 2.05) is 0 Å². The maximum atomic E-state index is 11.2. The summed E-state index contributed by atoms with van der Waals surface area (Å²) in [7, 11) is 0. The molecule has 1 N–H and O–H groups in total. The van der Waals surface area contributed by atoms with Crippen molar-refractivity contribution in [3.8, 4) is 0 Å². The second kappa shape index (κ2) is 2.99. The molecule has 4 amide bonds. The fourth-order valence-corrected chi connectivity index (χ4v) is 1.45. The molecule has 0 atom stereocenters. The number of amides is 4. The van der Waals surface area contributed by atoms with Gasteiger partial charge in [0.15, 0.2) is 0 Å². The van der Waals surface area contributed by atoms with E-state index < -0.39 is 23.6 Å². The lowest BCUT2D eigenvalue weighted by molar-refractivity contribution is -0.171. The molecule has 2 aliphatic rings. The quantitative estimate of drug-likeness (QED) is 0.432. The van der Waals surface area contributed by atoms with Gasteiger partial charge in [-0.05, 0) is 0 Å². The Hall–Kier alpha value is -2.02. The maximum Gasteiger partial charge on any atom is 0.302 e. The van der Waals surface area contributed by atoms with E-state index in [1.54, 1.807) is 0 Å². The molecular weight excluding hydrogens is 204 g/mol. The van der Waals surface area contributed by atoms with Crippen molar-refractivity contribution < 1.29 is 24.4 Å². The lowest BCUT2D eigenvalue weighted by Gasteiger charge is -2.13. The monoisotopic (exact) mass is 210 g/mol. The van der Waals surface area contributed by atoms with Crippen LogP contribution in [0.25, 0.3) is 0 Å². The standard InChI is InChI=1S/C8H6N2O5/c11-5-1-2-6(12)9(5)4-3-7(13)10(15)8(4)14/h3,15H,1-2H2. The van der Waals surface area contributed by atoms with Crippen LogP contribution in [0.5, 0.6) is 0 Å². The third-order valence-electron chi connectivity index (χ3n) is 2.17. The molecule has 0 bridgehead atoms. The molecule has 0 unspecified atom stereocenters. The van der Waals surface area contributed by atoms with Crippen LogP contribution >= 0.6 is 0 Å². The van der Waals surface area contributed by atoms with Crippen LogP contribution in [-0.4, -0.2) is 38.8 Å². The fraction of sp³-hybridized carbons (Fsp3) is 0.250. The second-order valence-electron chi connectivity index (χ2n) is 3.11. The first-order chi connectivity index (χ1) is 7.02. The molecule has 78 valence electrons. The summed E-state index contributed by atoms with van der Waals surface area (Å²) in [6.07, 6.45) is 0.801. The Bertz CT molecular complexity index is 409. The molecule has 0 saturated carbocycles. The van der Waals surface area contributed by atoms with Crippen molar-refractivity contribution in [2.24, 2.45) is 0 Å². The normalized spacial score (nSPS) is 21.8. The number of rotatable bonds is 1. The number of nitrogens with zero attached hydrogens (tertiary/aromatic N) is 2. The summed E-state index contributed by atoms with van der Waals surface area (Å²) >= 11 is 0. The van der Waals surface area contributed by atoms with Crippen molar-refractivity contribution in [1.82, 2.24) is 9.96 Å². The van der Waals surface area contributed by atoms with Crippen LogP contribution in [-0.2, 0) is 19.2 Å². The number of carbonyl (C=O) groups excluding carboxylic acids is 4. The van der Waals surface area contributed by atoms with Gasteiger partial charge in [0.1, 0.15) is 5.70 Å². The summed E-state index contributed by atoms with van der Waals surface area (Å²) in [5, 5.41) is 8.77. The van der Waals surface area contributed by atoms with E-state index >= 15 is 0 Å². The van der Waals surface area contributed by atoms with Crippen molar-refractivity contribution in [3.63, 3.8) is 0 Å². The second-order valence-corrected chi connectivity index (χ2v) is 3.11. The number of carbonyl (C=O) groups is 4. The van der Waals surface area contributed by atoms with E-state index in [-0.39, 0.29) is 23.6 Å². The molecule has 0 spiro atoms. The van der Waals surface area contributed by atoms with E-state index in [0.717, 1.165) is 6.08 Å². The number of likely N-dealkylation sites (tertiary alicyclic amines) is 1. The molecule has 1 saturated heterocycles. The Morgan fingerprint density at radius 2 is 1.60 bits per heavy atom. The fourth-order valence-electron chi connectivity index (χ4n) is 1.45. The highest BCUT2D eigenvalue weighted by Crippen LogP contribution is 2.22. The van der Waals surface area contributed by atoms with E-state index in [9.17, 15) is 19.2 Å². The summed E-state index contributed by atoms with van der Waals surface area (Å²) in [5.41, 5.74) is -0.380. The molecule has 0 aromatic heterocycles. The van der Waals surface area contributed by atoms with Gasteiger partial charge in [-0.15, -0.1) is 5.06 Å². The first-order valence-electron chi connectivity index (χ1n) is 4.17. The molecular formula is C8H6N2O5. The molecule has 7 nitrogen and oxygen atoms in total. The molecule has 2 rings (SSSR count). The van der Waals surface area contributed by atoms with Gasteiger partial charge in [0.2, 0.25) is 11.8 Å². The summed E-state index contributed by atoms with van der Waals surface area (Å²) in [5.74, 6) is -3.09. The average molecular weight is 210 g/mol. The van der Waals surface area contributed by atoms with Crippen LogP contribution in [0.1, 0.15) is 12.8 Å². The lowest BCUT2D eigenvalue weighted by atomic mass is 10.4. The summed E-state index contributed by atoms with van der Waals surface area (Å²) in [6, 6.07) is 0. The molecule has 7 heteroatoms. The van der Waals surface area contributed by atoms with Gasteiger partial charge in [-0.3, -0.25) is 24.4 Å². The molecule has 0 aliphatic carbocycles. The van der Waals surface area contributed by atoms with Crippen molar-refractivity contribution in [2.75, 3.05) is 0 Å². The highest BCUT2D eigenvalue weighted by molar-refractivity contribution is 6.20. The summed E-state index contributed by atoms with van der Waals surface area (Å²) < 4.78 is 0. The number of hydroxylamine groups is 2. The van der Waals surface area contributed by atoms with Gasteiger partial charge in [-0.25, -0.2) is 4.90 Å². The number of hydrogen-bond donors (Lipinski definition) is 1. The predicted octanol–water partition coefficient (Wildman–Crippen LogP) is -1.22. The van der Waals surface area contributed by atoms with E-state index in [0.29, 0.717) is 4.90 Å². The Kier molecular flexibility index (Phi) is 1.90. The minimum atomic E-state index is -1.05. The molecule has 0 aromatic carbocycles. The zero-order chi connectivity index (χ0) is 11.2. The van der Waals surface area contributed by atoms with Crippen LogP contribution in [0.3, 0.4) is 0 Å². The van der Waals surface area contributed by atoms with Gasteiger partial charge in [-0.2, -0.15) is 0 Å². The highest BCUT2D eigenvalue weighted by atomic mass is 16.5. The van der Waals surface area contributed by atoms with Gasteiger partial charge in [-0.1, -0.05) is 0 Å². The third kappa shape index (κ3) is 1.24. The first-order valence-corrected chi connectivity index (χ1v) is 4.17. The minimum Gasteiger partial charge on any atom is -0.278 e.